The van der Waals surface area contributed by atoms with Crippen molar-refractivity contribution in [3.05, 3.63) is 53.6 Å². The summed E-state index contributed by atoms with van der Waals surface area (Å²) in [5, 5.41) is 9.88. The summed E-state index contributed by atoms with van der Waals surface area (Å²) in [7, 11) is 0. The summed E-state index contributed by atoms with van der Waals surface area (Å²) in [5.74, 6) is -1.05. The molecule has 0 saturated heterocycles. The maximum absolute atomic E-state index is 11.4. The van der Waals surface area contributed by atoms with E-state index >= 15 is 0 Å². The molecular formula is C13H8ClN3O2. The number of fused-ring (bicyclic) bond motifs is 1. The number of imidazole rings is 1. The fraction of sp³-hybridized carbons (Fsp3) is 0. The van der Waals surface area contributed by atoms with Gasteiger partial charge < -0.3 is 5.11 Å². The van der Waals surface area contributed by atoms with Gasteiger partial charge in [-0.1, -0.05) is 11.6 Å². The molecule has 0 atom stereocenters. The van der Waals surface area contributed by atoms with Crippen LogP contribution >= 0.6 is 11.6 Å². The van der Waals surface area contributed by atoms with E-state index in [-0.39, 0.29) is 5.69 Å². The quantitative estimate of drug-likeness (QED) is 0.779. The second kappa shape index (κ2) is 4.37. The number of carbonyl (C=O) groups is 1. The molecule has 1 N–H and O–H groups in total. The van der Waals surface area contributed by atoms with Gasteiger partial charge in [0.25, 0.3) is 0 Å². The van der Waals surface area contributed by atoms with Gasteiger partial charge in [0.2, 0.25) is 0 Å². The highest BCUT2D eigenvalue weighted by Crippen LogP contribution is 2.25. The van der Waals surface area contributed by atoms with Crippen LogP contribution in [0.15, 0.2) is 42.9 Å². The number of rotatable bonds is 2. The Kier molecular flexibility index (Phi) is 2.68. The minimum Gasteiger partial charge on any atom is -0.476 e. The number of pyridine rings is 2. The van der Waals surface area contributed by atoms with Crippen LogP contribution in [0.1, 0.15) is 10.5 Å². The van der Waals surface area contributed by atoms with E-state index in [0.717, 1.165) is 0 Å². The maximum atomic E-state index is 11.4. The van der Waals surface area contributed by atoms with E-state index in [1.54, 1.807) is 42.9 Å². The average molecular weight is 274 g/mol. The van der Waals surface area contributed by atoms with Gasteiger partial charge in [0.15, 0.2) is 5.69 Å². The number of aromatic nitrogens is 3. The minimum atomic E-state index is -1.05. The highest BCUT2D eigenvalue weighted by molar-refractivity contribution is 6.30. The molecule has 3 aromatic rings. The summed E-state index contributed by atoms with van der Waals surface area (Å²) in [6.45, 7) is 0. The van der Waals surface area contributed by atoms with Crippen LogP contribution in [0.2, 0.25) is 5.02 Å². The van der Waals surface area contributed by atoms with E-state index in [0.29, 0.717) is 21.9 Å². The topological polar surface area (TPSA) is 67.5 Å². The number of hydrogen-bond acceptors (Lipinski definition) is 3. The van der Waals surface area contributed by atoms with Gasteiger partial charge in [-0.25, -0.2) is 9.78 Å². The third-order valence-electron chi connectivity index (χ3n) is 2.73. The Hall–Kier alpha value is -2.40. The largest absolute Gasteiger partial charge is 0.476 e. The smallest absolute Gasteiger partial charge is 0.355 e. The molecule has 0 amide bonds. The van der Waals surface area contributed by atoms with E-state index in [2.05, 4.69) is 9.97 Å². The first-order valence-corrected chi connectivity index (χ1v) is 5.86. The van der Waals surface area contributed by atoms with Crippen molar-refractivity contribution < 1.29 is 9.90 Å². The zero-order chi connectivity index (χ0) is 13.4. The van der Waals surface area contributed by atoms with Crippen LogP contribution in [0.5, 0.6) is 0 Å². The van der Waals surface area contributed by atoms with Crippen LogP contribution in [0.4, 0.5) is 0 Å². The second-order valence-electron chi connectivity index (χ2n) is 3.93. The minimum absolute atomic E-state index is 0.0969. The van der Waals surface area contributed by atoms with Crippen molar-refractivity contribution >= 4 is 23.2 Å². The molecule has 0 spiro atoms. The molecule has 0 aliphatic heterocycles. The van der Waals surface area contributed by atoms with E-state index in [9.17, 15) is 9.90 Å². The van der Waals surface area contributed by atoms with Crippen LogP contribution < -0.4 is 0 Å². The number of nitrogens with zero attached hydrogens (tertiary/aromatic N) is 3. The molecule has 3 rings (SSSR count). The van der Waals surface area contributed by atoms with Crippen molar-refractivity contribution in [1.29, 1.82) is 0 Å². The van der Waals surface area contributed by atoms with Crippen molar-refractivity contribution in [1.82, 2.24) is 14.4 Å². The zero-order valence-electron chi connectivity index (χ0n) is 9.62. The Morgan fingerprint density at radius 1 is 1.37 bits per heavy atom. The van der Waals surface area contributed by atoms with E-state index in [1.165, 1.54) is 4.40 Å². The van der Waals surface area contributed by atoms with Crippen molar-refractivity contribution in [3.8, 4) is 11.3 Å². The number of halogens is 1. The highest BCUT2D eigenvalue weighted by Gasteiger charge is 2.19. The molecule has 0 unspecified atom stereocenters. The molecule has 3 aromatic heterocycles. The predicted molar refractivity (Wildman–Crippen MR) is 70.4 cm³/mol. The van der Waals surface area contributed by atoms with Crippen LogP contribution in [-0.2, 0) is 0 Å². The van der Waals surface area contributed by atoms with E-state index < -0.39 is 5.97 Å². The summed E-state index contributed by atoms with van der Waals surface area (Å²) < 4.78 is 1.50. The first-order chi connectivity index (χ1) is 9.16. The summed E-state index contributed by atoms with van der Waals surface area (Å²) in [4.78, 5) is 19.7. The van der Waals surface area contributed by atoms with Gasteiger partial charge in [-0.3, -0.25) is 9.38 Å². The highest BCUT2D eigenvalue weighted by atomic mass is 35.5. The Morgan fingerprint density at radius 2 is 2.21 bits per heavy atom. The standard InChI is InChI=1S/C13H8ClN3O2/c14-9-3-5-17-10(6-9)16-11(12(17)13(18)19)8-2-1-4-15-7-8/h1-7H,(H,18,19). The van der Waals surface area contributed by atoms with Gasteiger partial charge in [-0.2, -0.15) is 0 Å². The summed E-state index contributed by atoms with van der Waals surface area (Å²) in [5.41, 5.74) is 1.62. The van der Waals surface area contributed by atoms with Gasteiger partial charge >= 0.3 is 5.97 Å². The summed E-state index contributed by atoms with van der Waals surface area (Å²) >= 11 is 5.89. The van der Waals surface area contributed by atoms with Crippen molar-refractivity contribution in [2.24, 2.45) is 0 Å². The number of hydrogen-bond donors (Lipinski definition) is 1. The fourth-order valence-corrected chi connectivity index (χ4v) is 2.08. The first kappa shape index (κ1) is 11.7. The molecule has 6 heteroatoms. The predicted octanol–water partition coefficient (Wildman–Crippen LogP) is 2.75. The monoisotopic (exact) mass is 273 g/mol. The summed E-state index contributed by atoms with van der Waals surface area (Å²) in [6.07, 6.45) is 4.79. The van der Waals surface area contributed by atoms with Gasteiger partial charge in [0, 0.05) is 35.2 Å². The van der Waals surface area contributed by atoms with E-state index in [4.69, 9.17) is 11.6 Å². The molecular weight excluding hydrogens is 266 g/mol. The molecule has 3 heterocycles. The van der Waals surface area contributed by atoms with Crippen molar-refractivity contribution in [2.75, 3.05) is 0 Å². The molecule has 0 aromatic carbocycles. The lowest BCUT2D eigenvalue weighted by atomic mass is 10.2. The van der Waals surface area contributed by atoms with Crippen molar-refractivity contribution in [2.45, 2.75) is 0 Å². The van der Waals surface area contributed by atoms with Gasteiger partial charge in [0.1, 0.15) is 11.3 Å². The summed E-state index contributed by atoms with van der Waals surface area (Å²) in [6, 6.07) is 6.74. The Morgan fingerprint density at radius 3 is 2.89 bits per heavy atom. The molecule has 0 aliphatic carbocycles. The maximum Gasteiger partial charge on any atom is 0.355 e. The average Bonchev–Trinajstić information content (AvgIpc) is 2.78. The van der Waals surface area contributed by atoms with Gasteiger partial charge in [-0.05, 0) is 18.2 Å². The molecule has 94 valence electrons. The third kappa shape index (κ3) is 1.94. The Balaban J connectivity index is 2.35. The Labute approximate surface area is 113 Å². The van der Waals surface area contributed by atoms with Gasteiger partial charge in [0.05, 0.1) is 0 Å². The molecule has 0 fully saturated rings. The van der Waals surface area contributed by atoms with Crippen LogP contribution in [0, 0.1) is 0 Å². The van der Waals surface area contributed by atoms with Crippen LogP contribution in [0.25, 0.3) is 16.9 Å². The molecule has 0 bridgehead atoms. The number of carboxylic acid groups (broad SMARTS) is 1. The molecule has 0 radical (unpaired) electrons. The third-order valence-corrected chi connectivity index (χ3v) is 2.96. The lowest BCUT2D eigenvalue weighted by Crippen LogP contribution is -2.03. The normalized spacial score (nSPS) is 10.8. The number of aromatic carboxylic acids is 1. The van der Waals surface area contributed by atoms with Crippen LogP contribution in [-0.4, -0.2) is 25.4 Å². The SMILES string of the molecule is O=C(O)c1c(-c2cccnc2)nc2cc(Cl)ccn12. The lowest BCUT2D eigenvalue weighted by Gasteiger charge is -1.99. The second-order valence-corrected chi connectivity index (χ2v) is 4.37. The fourth-order valence-electron chi connectivity index (χ4n) is 1.93. The molecule has 19 heavy (non-hydrogen) atoms. The Bertz CT molecular complexity index is 768. The first-order valence-electron chi connectivity index (χ1n) is 5.48. The molecule has 0 saturated carbocycles. The van der Waals surface area contributed by atoms with Crippen LogP contribution in [0.3, 0.4) is 0 Å². The number of carboxylic acids is 1. The lowest BCUT2D eigenvalue weighted by molar-refractivity contribution is 0.0690. The van der Waals surface area contributed by atoms with E-state index in [1.807, 2.05) is 0 Å². The molecule has 5 nitrogen and oxygen atoms in total. The molecule has 0 aliphatic rings. The zero-order valence-corrected chi connectivity index (χ0v) is 10.4. The van der Waals surface area contributed by atoms with Crippen molar-refractivity contribution in [3.63, 3.8) is 0 Å². The van der Waals surface area contributed by atoms with Gasteiger partial charge in [-0.15, -0.1) is 0 Å².